The molecule has 0 aromatic heterocycles. The van der Waals surface area contributed by atoms with Crippen LogP contribution in [0.4, 0.5) is 0 Å². The highest BCUT2D eigenvalue weighted by Crippen LogP contribution is 2.30. The van der Waals surface area contributed by atoms with Gasteiger partial charge in [0.05, 0.1) is 13.2 Å². The molecule has 0 amide bonds. The molecule has 1 aliphatic rings. The van der Waals surface area contributed by atoms with Crippen molar-refractivity contribution in [3.63, 3.8) is 0 Å². The molecule has 5 N–H and O–H groups in total. The van der Waals surface area contributed by atoms with Crippen LogP contribution in [-0.4, -0.2) is 30.7 Å². The molecule has 0 saturated carbocycles. The molecule has 0 bridgehead atoms. The van der Waals surface area contributed by atoms with Crippen LogP contribution in [0.25, 0.3) is 0 Å². The minimum Gasteiger partial charge on any atom is -0.457 e. The highest BCUT2D eigenvalue weighted by molar-refractivity contribution is 7.79. The molecule has 8 heteroatoms. The molecule has 2 aromatic rings. The number of hydrogen-bond donors (Lipinski definition) is 3. The Kier molecular flexibility index (Phi) is 29.1. The predicted molar refractivity (Wildman–Crippen MR) is 194 cm³/mol. The van der Waals surface area contributed by atoms with Gasteiger partial charge in [0.1, 0.15) is 11.5 Å². The number of epoxide rings is 1. The van der Waals surface area contributed by atoms with Crippen molar-refractivity contribution < 1.29 is 27.0 Å². The van der Waals surface area contributed by atoms with Gasteiger partial charge in [-0.1, -0.05) is 166 Å². The van der Waals surface area contributed by atoms with E-state index in [9.17, 15) is 0 Å². The number of aryl methyl sites for hydroxylation is 2. The summed E-state index contributed by atoms with van der Waals surface area (Å²) in [5, 5.41) is 0. The third-order valence-electron chi connectivity index (χ3n) is 7.97. The quantitative estimate of drug-likeness (QED) is 0.0577. The molecule has 2 aromatic carbocycles. The summed E-state index contributed by atoms with van der Waals surface area (Å²) in [6, 6.07) is 17.4. The highest BCUT2D eigenvalue weighted by Gasteiger charge is 2.08. The van der Waals surface area contributed by atoms with Crippen molar-refractivity contribution in [1.29, 1.82) is 0 Å². The fraction of sp³-hybridized carbons (Fsp3) is 0.684. The maximum absolute atomic E-state index is 8.74. The van der Waals surface area contributed by atoms with Crippen LogP contribution < -0.4 is 10.9 Å². The zero-order valence-corrected chi connectivity index (χ0v) is 30.0. The number of para-hydroxylation sites is 2. The highest BCUT2D eigenvalue weighted by atomic mass is 32.3. The summed E-state index contributed by atoms with van der Waals surface area (Å²) in [6.07, 6.45) is 29.9. The van der Waals surface area contributed by atoms with Gasteiger partial charge >= 0.3 is 10.4 Å². The third-order valence-corrected chi connectivity index (χ3v) is 7.97. The van der Waals surface area contributed by atoms with Crippen molar-refractivity contribution in [1.82, 2.24) is 6.15 Å². The molecule has 266 valence electrons. The summed E-state index contributed by atoms with van der Waals surface area (Å²) in [5.41, 5.74) is 2.71. The zero-order chi connectivity index (χ0) is 32.9. The van der Waals surface area contributed by atoms with Gasteiger partial charge in [-0.15, -0.1) is 0 Å². The van der Waals surface area contributed by atoms with E-state index in [1.807, 2.05) is 0 Å². The van der Waals surface area contributed by atoms with Gasteiger partial charge < -0.3 is 15.6 Å². The molecule has 3 rings (SSSR count). The van der Waals surface area contributed by atoms with E-state index in [0.717, 1.165) is 37.6 Å². The monoisotopic (exact) mass is 665 g/mol. The van der Waals surface area contributed by atoms with Gasteiger partial charge in [0.25, 0.3) is 0 Å². The first-order valence-corrected chi connectivity index (χ1v) is 19.4. The van der Waals surface area contributed by atoms with Gasteiger partial charge in [-0.2, -0.15) is 8.42 Å². The summed E-state index contributed by atoms with van der Waals surface area (Å²) < 4.78 is 42.6. The molecular formula is C38H67NO6S. The molecule has 46 heavy (non-hydrogen) atoms. The molecule has 1 aliphatic heterocycles. The number of hydrogen-bond acceptors (Lipinski definition) is 5. The van der Waals surface area contributed by atoms with Crippen LogP contribution in [0.1, 0.15) is 153 Å². The molecule has 0 unspecified atom stereocenters. The molecular weight excluding hydrogens is 598 g/mol. The lowest BCUT2D eigenvalue weighted by atomic mass is 10.0. The maximum atomic E-state index is 8.74. The second-order valence-corrected chi connectivity index (χ2v) is 13.1. The van der Waals surface area contributed by atoms with Gasteiger partial charge in [-0.05, 0) is 48.9 Å². The van der Waals surface area contributed by atoms with Crippen molar-refractivity contribution in [2.24, 2.45) is 0 Å². The van der Waals surface area contributed by atoms with Crippen molar-refractivity contribution in [3.05, 3.63) is 59.7 Å². The lowest BCUT2D eigenvalue weighted by Crippen LogP contribution is -1.96. The molecule has 1 fully saturated rings. The molecule has 0 radical (unpaired) electrons. The third kappa shape index (κ3) is 29.4. The molecule has 0 spiro atoms. The lowest BCUT2D eigenvalue weighted by Gasteiger charge is -2.14. The van der Waals surface area contributed by atoms with E-state index in [0.29, 0.717) is 0 Å². The Bertz CT molecular complexity index is 984. The standard InChI is InChI=1S/C36H58O.C2H4O.H3N.H2O4S/c1-3-5-7-9-11-13-15-17-19-21-27-33-29-23-25-31-35(33)37-36-32-26-24-30-34(36)28-22-20-18-16-14-12-10-8-6-4-2;1-2-3-1;;1-5(2,3)4/h23-26,29-32H,3-22,27-28H2,1-2H3;1-2H2;1H3;(H2,1,2,3,4). The van der Waals surface area contributed by atoms with Crippen LogP contribution in [-0.2, 0) is 28.0 Å². The van der Waals surface area contributed by atoms with Gasteiger partial charge in [0.2, 0.25) is 0 Å². The summed E-state index contributed by atoms with van der Waals surface area (Å²) in [5.74, 6) is 2.10. The Balaban J connectivity index is 0.00000198. The Morgan fingerprint density at radius 2 is 0.804 bits per heavy atom. The first kappa shape index (κ1) is 44.0. The topological polar surface area (TPSA) is 131 Å². The number of ether oxygens (including phenoxy) is 2. The normalized spacial score (nSPS) is 11.8. The largest absolute Gasteiger partial charge is 0.457 e. The van der Waals surface area contributed by atoms with Crippen LogP contribution in [0.5, 0.6) is 11.5 Å². The molecule has 1 heterocycles. The van der Waals surface area contributed by atoms with Crippen LogP contribution in [0.3, 0.4) is 0 Å². The van der Waals surface area contributed by atoms with Crippen LogP contribution in [0.15, 0.2) is 48.5 Å². The van der Waals surface area contributed by atoms with Crippen molar-refractivity contribution >= 4 is 10.4 Å². The minimum atomic E-state index is -4.67. The van der Waals surface area contributed by atoms with Crippen LogP contribution >= 0.6 is 0 Å². The summed E-state index contributed by atoms with van der Waals surface area (Å²) in [4.78, 5) is 0. The van der Waals surface area contributed by atoms with Crippen molar-refractivity contribution in [2.45, 2.75) is 155 Å². The fourth-order valence-corrected chi connectivity index (χ4v) is 5.34. The van der Waals surface area contributed by atoms with E-state index < -0.39 is 10.4 Å². The first-order chi connectivity index (χ1) is 21.8. The SMILES string of the molecule is C1CO1.CCCCCCCCCCCCc1ccccc1Oc1ccccc1CCCCCCCCCCCC.N.O=S(=O)(O)O. The Morgan fingerprint density at radius 3 is 1.09 bits per heavy atom. The Morgan fingerprint density at radius 1 is 0.543 bits per heavy atom. The molecule has 7 nitrogen and oxygen atoms in total. The predicted octanol–water partition coefficient (Wildman–Crippen LogP) is 11.9. The van der Waals surface area contributed by atoms with E-state index in [1.165, 1.54) is 140 Å². The summed E-state index contributed by atoms with van der Waals surface area (Å²) >= 11 is 0. The van der Waals surface area contributed by atoms with Gasteiger partial charge in [0, 0.05) is 0 Å². The first-order valence-electron chi connectivity index (χ1n) is 18.0. The number of unbranched alkanes of at least 4 members (excludes halogenated alkanes) is 18. The summed E-state index contributed by atoms with van der Waals surface area (Å²) in [7, 11) is -4.67. The number of rotatable bonds is 24. The van der Waals surface area contributed by atoms with E-state index in [-0.39, 0.29) is 6.15 Å². The lowest BCUT2D eigenvalue weighted by molar-refractivity contribution is 0.381. The van der Waals surface area contributed by atoms with Gasteiger partial charge in [-0.3, -0.25) is 9.11 Å². The second-order valence-electron chi connectivity index (χ2n) is 12.2. The second kappa shape index (κ2) is 30.4. The average Bonchev–Trinajstić information content (AvgIpc) is 3.90. The van der Waals surface area contributed by atoms with E-state index >= 15 is 0 Å². The zero-order valence-electron chi connectivity index (χ0n) is 29.2. The molecule has 0 atom stereocenters. The van der Waals surface area contributed by atoms with Crippen molar-refractivity contribution in [3.8, 4) is 11.5 Å². The minimum absolute atomic E-state index is 0. The van der Waals surface area contributed by atoms with Gasteiger partial charge in [-0.25, -0.2) is 0 Å². The Hall–Kier alpha value is -1.97. The van der Waals surface area contributed by atoms with E-state index in [1.54, 1.807) is 0 Å². The van der Waals surface area contributed by atoms with Crippen molar-refractivity contribution in [2.75, 3.05) is 13.2 Å². The molecule has 1 saturated heterocycles. The number of benzene rings is 2. The fourth-order valence-electron chi connectivity index (χ4n) is 5.34. The van der Waals surface area contributed by atoms with Crippen LogP contribution in [0, 0.1) is 0 Å². The van der Waals surface area contributed by atoms with Crippen LogP contribution in [0.2, 0.25) is 0 Å². The van der Waals surface area contributed by atoms with E-state index in [2.05, 4.69) is 67.1 Å². The smallest absolute Gasteiger partial charge is 0.394 e. The Labute approximate surface area is 282 Å². The van der Waals surface area contributed by atoms with E-state index in [4.69, 9.17) is 22.3 Å². The molecule has 0 aliphatic carbocycles. The average molecular weight is 666 g/mol. The van der Waals surface area contributed by atoms with Gasteiger partial charge in [0.15, 0.2) is 0 Å². The summed E-state index contributed by atoms with van der Waals surface area (Å²) in [6.45, 7) is 6.59. The maximum Gasteiger partial charge on any atom is 0.394 e.